The van der Waals surface area contributed by atoms with Crippen molar-refractivity contribution in [1.82, 2.24) is 0 Å². The van der Waals surface area contributed by atoms with Gasteiger partial charge in [-0.05, 0) is 49.2 Å². The lowest BCUT2D eigenvalue weighted by Gasteiger charge is -2.22. The van der Waals surface area contributed by atoms with Gasteiger partial charge in [0.05, 0.1) is 21.3 Å². The molecule has 0 unspecified atom stereocenters. The van der Waals surface area contributed by atoms with Gasteiger partial charge in [-0.1, -0.05) is 25.0 Å². The van der Waals surface area contributed by atoms with E-state index in [1.165, 1.54) is 31.9 Å². The number of ether oxygens (including phenoxy) is 1. The number of esters is 1. The molecule has 2 aromatic carbocycles. The Morgan fingerprint density at radius 3 is 2.31 bits per heavy atom. The van der Waals surface area contributed by atoms with Crippen molar-refractivity contribution >= 4 is 34.1 Å². The van der Waals surface area contributed by atoms with Crippen LogP contribution in [0.4, 0.5) is 11.4 Å². The molecule has 1 atom stereocenters. The molecule has 0 aliphatic carbocycles. The van der Waals surface area contributed by atoms with Crippen molar-refractivity contribution in [2.24, 2.45) is 0 Å². The highest BCUT2D eigenvalue weighted by molar-refractivity contribution is 7.84. The molecule has 1 fully saturated rings. The molecular weight excluding hydrogens is 388 g/mol. The summed E-state index contributed by atoms with van der Waals surface area (Å²) in [4.78, 5) is 27.1. The lowest BCUT2D eigenvalue weighted by Crippen LogP contribution is -2.24. The monoisotopic (exact) mass is 414 g/mol. The number of hydrogen-bond acceptors (Lipinski definition) is 5. The van der Waals surface area contributed by atoms with Gasteiger partial charge in [0.2, 0.25) is 0 Å². The molecule has 29 heavy (non-hydrogen) atoms. The van der Waals surface area contributed by atoms with Crippen LogP contribution in [0.3, 0.4) is 0 Å². The Morgan fingerprint density at radius 2 is 1.66 bits per heavy atom. The molecule has 0 saturated carbocycles. The van der Waals surface area contributed by atoms with E-state index in [2.05, 4.69) is 10.2 Å². The molecule has 6 nitrogen and oxygen atoms in total. The first-order valence-electron chi connectivity index (χ1n) is 9.79. The van der Waals surface area contributed by atoms with Gasteiger partial charge in [0.1, 0.15) is 0 Å². The smallest absolute Gasteiger partial charge is 0.339 e. The summed E-state index contributed by atoms with van der Waals surface area (Å²) in [6.07, 6.45) is 6.47. The second kappa shape index (κ2) is 10.2. The van der Waals surface area contributed by atoms with Gasteiger partial charge in [0.25, 0.3) is 5.91 Å². The maximum Gasteiger partial charge on any atom is 0.339 e. The van der Waals surface area contributed by atoms with E-state index in [1.54, 1.807) is 24.3 Å². The van der Waals surface area contributed by atoms with Crippen LogP contribution in [-0.2, 0) is 20.3 Å². The summed E-state index contributed by atoms with van der Waals surface area (Å²) >= 11 is 0. The Kier molecular flexibility index (Phi) is 7.41. The van der Waals surface area contributed by atoms with Crippen molar-refractivity contribution in [2.75, 3.05) is 36.2 Å². The zero-order valence-corrected chi connectivity index (χ0v) is 17.4. The Hall–Kier alpha value is -2.67. The summed E-state index contributed by atoms with van der Waals surface area (Å²) in [6, 6.07) is 14.2. The van der Waals surface area contributed by atoms with Crippen molar-refractivity contribution in [3.05, 3.63) is 54.1 Å². The quantitative estimate of drug-likeness (QED) is 0.731. The molecule has 2 aromatic rings. The number of carbonyl (C=O) groups excluding carboxylic acids is 2. The van der Waals surface area contributed by atoms with E-state index in [4.69, 9.17) is 4.74 Å². The number of nitrogens with zero attached hydrogens (tertiary/aromatic N) is 1. The Balaban J connectivity index is 1.53. The van der Waals surface area contributed by atoms with Crippen LogP contribution in [0.5, 0.6) is 0 Å². The lowest BCUT2D eigenvalue weighted by molar-refractivity contribution is -0.119. The van der Waals surface area contributed by atoms with E-state index in [1.807, 2.05) is 24.3 Å². The number of hydrogen-bond donors (Lipinski definition) is 1. The van der Waals surface area contributed by atoms with Gasteiger partial charge in [-0.25, -0.2) is 4.79 Å². The first kappa shape index (κ1) is 21.0. The highest BCUT2D eigenvalue weighted by Crippen LogP contribution is 2.21. The minimum atomic E-state index is -1.32. The molecule has 154 valence electrons. The van der Waals surface area contributed by atoms with E-state index < -0.39 is 29.3 Å². The fourth-order valence-electron chi connectivity index (χ4n) is 3.38. The van der Waals surface area contributed by atoms with Crippen LogP contribution in [0.25, 0.3) is 0 Å². The van der Waals surface area contributed by atoms with Crippen molar-refractivity contribution in [1.29, 1.82) is 0 Å². The van der Waals surface area contributed by atoms with Crippen LogP contribution in [0.1, 0.15) is 36.0 Å². The molecule has 0 spiro atoms. The predicted molar refractivity (Wildman–Crippen MR) is 115 cm³/mol. The number of benzene rings is 2. The lowest BCUT2D eigenvalue weighted by atomic mass is 10.2. The maximum absolute atomic E-state index is 12.2. The summed E-state index contributed by atoms with van der Waals surface area (Å²) in [6.45, 7) is 1.72. The van der Waals surface area contributed by atoms with Gasteiger partial charge < -0.3 is 15.0 Å². The van der Waals surface area contributed by atoms with Gasteiger partial charge in [0, 0.05) is 30.7 Å². The van der Waals surface area contributed by atoms with Crippen LogP contribution in [0, 0.1) is 0 Å². The predicted octanol–water partition coefficient (Wildman–Crippen LogP) is 3.60. The summed E-state index contributed by atoms with van der Waals surface area (Å²) in [7, 11) is -1.32. The van der Waals surface area contributed by atoms with Crippen molar-refractivity contribution in [2.45, 2.75) is 30.6 Å². The fraction of sp³-hybridized carbons (Fsp3) is 0.364. The maximum atomic E-state index is 12.2. The number of rotatable bonds is 6. The molecule has 3 rings (SSSR count). The molecule has 7 heteroatoms. The highest BCUT2D eigenvalue weighted by Gasteiger charge is 2.16. The molecule has 1 aliphatic heterocycles. The third-order valence-corrected chi connectivity index (χ3v) is 5.85. The average Bonchev–Trinajstić information content (AvgIpc) is 3.02. The molecule has 0 bridgehead atoms. The molecule has 1 saturated heterocycles. The van der Waals surface area contributed by atoms with Crippen LogP contribution in [-0.4, -0.2) is 42.0 Å². The number of amides is 1. The molecule has 0 aromatic heterocycles. The summed E-state index contributed by atoms with van der Waals surface area (Å²) < 4.78 is 16.8. The molecular formula is C22H26N2O4S. The van der Waals surface area contributed by atoms with Crippen LogP contribution < -0.4 is 10.2 Å². The van der Waals surface area contributed by atoms with E-state index in [0.717, 1.165) is 18.8 Å². The Morgan fingerprint density at radius 1 is 1.00 bits per heavy atom. The van der Waals surface area contributed by atoms with Gasteiger partial charge in [-0.2, -0.15) is 0 Å². The minimum absolute atomic E-state index is 0.211. The standard InChI is InChI=1S/C22H26N2O4S/c1-29(27)20-9-5-4-8-19(20)22(26)28-16-21(25)23-17-10-12-18(13-11-17)24-14-6-2-3-7-15-24/h4-5,8-13H,2-3,6-7,14-16H2,1H3,(H,23,25)/t29-/m0/s1. The first-order valence-corrected chi connectivity index (χ1v) is 11.3. The molecule has 0 radical (unpaired) electrons. The number of carbonyl (C=O) groups is 2. The topological polar surface area (TPSA) is 75.7 Å². The van der Waals surface area contributed by atoms with Crippen LogP contribution >= 0.6 is 0 Å². The highest BCUT2D eigenvalue weighted by atomic mass is 32.2. The second-order valence-electron chi connectivity index (χ2n) is 7.02. The fourth-order valence-corrected chi connectivity index (χ4v) is 4.11. The zero-order chi connectivity index (χ0) is 20.6. The molecule has 1 aliphatic rings. The Labute approximate surface area is 173 Å². The summed E-state index contributed by atoms with van der Waals surface area (Å²) in [5.41, 5.74) is 2.02. The average molecular weight is 415 g/mol. The van der Waals surface area contributed by atoms with E-state index in [-0.39, 0.29) is 5.56 Å². The molecule has 1 N–H and O–H groups in total. The van der Waals surface area contributed by atoms with Crippen LogP contribution in [0.2, 0.25) is 0 Å². The SMILES string of the molecule is C[S@](=O)c1ccccc1C(=O)OCC(=O)Nc1ccc(N2CCCCCC2)cc1. The van der Waals surface area contributed by atoms with E-state index in [0.29, 0.717) is 10.6 Å². The third-order valence-electron chi connectivity index (χ3n) is 4.87. The summed E-state index contributed by atoms with van der Waals surface area (Å²) in [5, 5.41) is 2.73. The van der Waals surface area contributed by atoms with Gasteiger partial charge in [0.15, 0.2) is 6.61 Å². The largest absolute Gasteiger partial charge is 0.452 e. The molecule has 1 heterocycles. The zero-order valence-electron chi connectivity index (χ0n) is 16.6. The third kappa shape index (κ3) is 5.90. The van der Waals surface area contributed by atoms with Gasteiger partial charge in [-0.15, -0.1) is 0 Å². The molecule has 1 amide bonds. The Bertz CT molecular complexity index is 875. The minimum Gasteiger partial charge on any atom is -0.452 e. The van der Waals surface area contributed by atoms with E-state index in [9.17, 15) is 13.8 Å². The first-order chi connectivity index (χ1) is 14.0. The second-order valence-corrected chi connectivity index (χ2v) is 8.37. The normalized spacial score (nSPS) is 15.3. The van der Waals surface area contributed by atoms with E-state index >= 15 is 0 Å². The van der Waals surface area contributed by atoms with Crippen molar-refractivity contribution in [3.8, 4) is 0 Å². The van der Waals surface area contributed by atoms with Gasteiger partial charge in [-0.3, -0.25) is 9.00 Å². The van der Waals surface area contributed by atoms with Crippen LogP contribution in [0.15, 0.2) is 53.4 Å². The number of nitrogens with one attached hydrogen (secondary N) is 1. The van der Waals surface area contributed by atoms with Crippen molar-refractivity contribution < 1.29 is 18.5 Å². The number of anilines is 2. The van der Waals surface area contributed by atoms with Crippen molar-refractivity contribution in [3.63, 3.8) is 0 Å². The van der Waals surface area contributed by atoms with Gasteiger partial charge >= 0.3 is 5.97 Å². The summed E-state index contributed by atoms with van der Waals surface area (Å²) in [5.74, 6) is -1.08.